The van der Waals surface area contributed by atoms with Gasteiger partial charge in [-0.15, -0.1) is 0 Å². The number of aliphatic hydroxyl groups excluding tert-OH is 1. The molecule has 3 N–H and O–H groups in total. The number of rotatable bonds is 5. The maximum absolute atomic E-state index is 10.3. The van der Waals surface area contributed by atoms with Gasteiger partial charge in [-0.1, -0.05) is 30.3 Å². The topological polar surface area (TPSA) is 61.7 Å². The zero-order valence-corrected chi connectivity index (χ0v) is 10.5. The normalized spacial score (nSPS) is 20.6. The summed E-state index contributed by atoms with van der Waals surface area (Å²) in [6, 6.07) is 9.66. The number of hydrogen-bond acceptors (Lipinski definition) is 4. The second kappa shape index (κ2) is 6.29. The van der Waals surface area contributed by atoms with Gasteiger partial charge in [-0.25, -0.2) is 0 Å². The lowest BCUT2D eigenvalue weighted by molar-refractivity contribution is -0.0634. The molecule has 100 valence electrons. The van der Waals surface area contributed by atoms with Crippen molar-refractivity contribution >= 4 is 0 Å². The molecule has 1 fully saturated rings. The Kier molecular flexibility index (Phi) is 4.72. The van der Waals surface area contributed by atoms with E-state index in [9.17, 15) is 10.2 Å². The molecule has 4 nitrogen and oxygen atoms in total. The zero-order chi connectivity index (χ0) is 12.8. The quantitative estimate of drug-likeness (QED) is 0.726. The van der Waals surface area contributed by atoms with Crippen LogP contribution in [0, 0.1) is 0 Å². The monoisotopic (exact) mass is 251 g/mol. The van der Waals surface area contributed by atoms with Crippen LogP contribution in [0.2, 0.25) is 0 Å². The second-order valence-corrected chi connectivity index (χ2v) is 4.86. The van der Waals surface area contributed by atoms with Crippen molar-refractivity contribution in [3.05, 3.63) is 35.9 Å². The largest absolute Gasteiger partial charge is 0.394 e. The first kappa shape index (κ1) is 13.5. The Labute approximate surface area is 108 Å². The maximum Gasteiger partial charge on any atom is 0.0815 e. The molecule has 1 aromatic carbocycles. The summed E-state index contributed by atoms with van der Waals surface area (Å²) in [7, 11) is 0. The summed E-state index contributed by atoms with van der Waals surface area (Å²) in [5.74, 6) is 0. The van der Waals surface area contributed by atoms with Crippen molar-refractivity contribution in [3.8, 4) is 0 Å². The summed E-state index contributed by atoms with van der Waals surface area (Å²) in [4.78, 5) is 0. The van der Waals surface area contributed by atoms with E-state index in [1.54, 1.807) is 0 Å². The molecule has 0 bridgehead atoms. The minimum atomic E-state index is -0.708. The number of benzene rings is 1. The van der Waals surface area contributed by atoms with E-state index >= 15 is 0 Å². The lowest BCUT2D eigenvalue weighted by atomic mass is 9.93. The summed E-state index contributed by atoms with van der Waals surface area (Å²) >= 11 is 0. The summed E-state index contributed by atoms with van der Waals surface area (Å²) in [6.45, 7) is 1.72. The van der Waals surface area contributed by atoms with E-state index in [2.05, 4.69) is 5.32 Å². The summed E-state index contributed by atoms with van der Waals surface area (Å²) in [6.07, 6.45) is 1.29. The smallest absolute Gasteiger partial charge is 0.0815 e. The molecular weight excluding hydrogens is 230 g/mol. The van der Waals surface area contributed by atoms with Gasteiger partial charge in [0.2, 0.25) is 0 Å². The molecule has 2 rings (SSSR count). The van der Waals surface area contributed by atoms with Gasteiger partial charge in [-0.3, -0.25) is 0 Å². The molecule has 0 aliphatic carbocycles. The molecule has 1 aliphatic rings. The van der Waals surface area contributed by atoms with E-state index < -0.39 is 5.60 Å². The molecular formula is C14H21NO3. The third-order valence-corrected chi connectivity index (χ3v) is 3.49. The molecule has 1 saturated heterocycles. The highest BCUT2D eigenvalue weighted by molar-refractivity contribution is 5.19. The van der Waals surface area contributed by atoms with Crippen molar-refractivity contribution in [1.82, 2.24) is 5.32 Å². The van der Waals surface area contributed by atoms with Crippen LogP contribution in [0.3, 0.4) is 0 Å². The lowest BCUT2D eigenvalue weighted by Crippen LogP contribution is -2.46. The molecule has 1 aromatic rings. The third-order valence-electron chi connectivity index (χ3n) is 3.49. The van der Waals surface area contributed by atoms with E-state index in [1.165, 1.54) is 0 Å². The van der Waals surface area contributed by atoms with Gasteiger partial charge in [-0.05, 0) is 5.56 Å². The van der Waals surface area contributed by atoms with Crippen LogP contribution >= 0.6 is 0 Å². The Morgan fingerprint density at radius 3 is 2.50 bits per heavy atom. The number of nitrogens with one attached hydrogen (secondary N) is 1. The van der Waals surface area contributed by atoms with Crippen molar-refractivity contribution in [3.63, 3.8) is 0 Å². The SMILES string of the molecule is OCC(NCC1(O)CCOCC1)c1ccccc1. The van der Waals surface area contributed by atoms with E-state index in [0.29, 0.717) is 32.6 Å². The van der Waals surface area contributed by atoms with Gasteiger partial charge in [0.25, 0.3) is 0 Å². The second-order valence-electron chi connectivity index (χ2n) is 4.86. The summed E-state index contributed by atoms with van der Waals surface area (Å²) < 4.78 is 5.25. The molecule has 0 amide bonds. The molecule has 4 heteroatoms. The highest BCUT2D eigenvalue weighted by atomic mass is 16.5. The fourth-order valence-electron chi connectivity index (χ4n) is 2.21. The van der Waals surface area contributed by atoms with Gasteiger partial charge >= 0.3 is 0 Å². The van der Waals surface area contributed by atoms with Gasteiger partial charge < -0.3 is 20.3 Å². The Morgan fingerprint density at radius 2 is 1.89 bits per heavy atom. The molecule has 0 aromatic heterocycles. The lowest BCUT2D eigenvalue weighted by Gasteiger charge is -2.33. The molecule has 0 spiro atoms. The van der Waals surface area contributed by atoms with Crippen molar-refractivity contribution in [2.24, 2.45) is 0 Å². The Hall–Kier alpha value is -0.940. The number of hydrogen-bond donors (Lipinski definition) is 3. The van der Waals surface area contributed by atoms with Crippen LogP contribution in [-0.4, -0.2) is 42.2 Å². The summed E-state index contributed by atoms with van der Waals surface area (Å²) in [5, 5.41) is 23.0. The maximum atomic E-state index is 10.3. The van der Waals surface area contributed by atoms with Gasteiger partial charge in [0, 0.05) is 32.6 Å². The third kappa shape index (κ3) is 3.53. The Morgan fingerprint density at radius 1 is 1.22 bits per heavy atom. The molecule has 0 saturated carbocycles. The van der Waals surface area contributed by atoms with Crippen LogP contribution in [0.5, 0.6) is 0 Å². The Balaban J connectivity index is 1.91. The number of aliphatic hydroxyl groups is 2. The molecule has 0 radical (unpaired) electrons. The van der Waals surface area contributed by atoms with E-state index in [0.717, 1.165) is 5.56 Å². The van der Waals surface area contributed by atoms with Crippen molar-refractivity contribution in [2.45, 2.75) is 24.5 Å². The first-order chi connectivity index (χ1) is 8.73. The molecule has 18 heavy (non-hydrogen) atoms. The predicted octanol–water partition coefficient (Wildman–Crippen LogP) is 0.851. The van der Waals surface area contributed by atoms with E-state index in [1.807, 2.05) is 30.3 Å². The Bertz CT molecular complexity index is 349. The molecule has 1 unspecified atom stereocenters. The van der Waals surface area contributed by atoms with E-state index in [-0.39, 0.29) is 12.6 Å². The van der Waals surface area contributed by atoms with E-state index in [4.69, 9.17) is 4.74 Å². The van der Waals surface area contributed by atoms with Crippen LogP contribution in [0.15, 0.2) is 30.3 Å². The fourth-order valence-corrected chi connectivity index (χ4v) is 2.21. The minimum Gasteiger partial charge on any atom is -0.394 e. The van der Waals surface area contributed by atoms with Crippen molar-refractivity contribution in [1.29, 1.82) is 0 Å². The predicted molar refractivity (Wildman–Crippen MR) is 69.3 cm³/mol. The average molecular weight is 251 g/mol. The zero-order valence-electron chi connectivity index (χ0n) is 10.5. The van der Waals surface area contributed by atoms with Gasteiger partial charge in [0.1, 0.15) is 0 Å². The highest BCUT2D eigenvalue weighted by Crippen LogP contribution is 2.21. The highest BCUT2D eigenvalue weighted by Gasteiger charge is 2.30. The van der Waals surface area contributed by atoms with Crippen LogP contribution in [0.4, 0.5) is 0 Å². The van der Waals surface area contributed by atoms with Crippen LogP contribution in [0.1, 0.15) is 24.4 Å². The minimum absolute atomic E-state index is 0.0244. The fraction of sp³-hybridized carbons (Fsp3) is 0.571. The van der Waals surface area contributed by atoms with Gasteiger partial charge in [0.15, 0.2) is 0 Å². The van der Waals surface area contributed by atoms with Gasteiger partial charge in [0.05, 0.1) is 18.2 Å². The number of ether oxygens (including phenoxy) is 1. The van der Waals surface area contributed by atoms with Crippen molar-refractivity contribution < 1.29 is 14.9 Å². The van der Waals surface area contributed by atoms with Crippen LogP contribution < -0.4 is 5.32 Å². The molecule has 1 aliphatic heterocycles. The summed E-state index contributed by atoms with van der Waals surface area (Å²) in [5.41, 5.74) is 0.330. The first-order valence-electron chi connectivity index (χ1n) is 6.43. The van der Waals surface area contributed by atoms with Crippen LogP contribution in [0.25, 0.3) is 0 Å². The van der Waals surface area contributed by atoms with Crippen LogP contribution in [-0.2, 0) is 4.74 Å². The standard InChI is InChI=1S/C14H21NO3/c16-10-13(12-4-2-1-3-5-12)15-11-14(17)6-8-18-9-7-14/h1-5,13,15-17H,6-11H2. The average Bonchev–Trinajstić information content (AvgIpc) is 2.41. The van der Waals surface area contributed by atoms with Crippen molar-refractivity contribution in [2.75, 3.05) is 26.4 Å². The van der Waals surface area contributed by atoms with Gasteiger partial charge in [-0.2, -0.15) is 0 Å². The molecule has 1 heterocycles. The first-order valence-corrected chi connectivity index (χ1v) is 6.43. The molecule has 1 atom stereocenters.